The summed E-state index contributed by atoms with van der Waals surface area (Å²) in [5.41, 5.74) is 1.72. The van der Waals surface area contributed by atoms with E-state index in [1.807, 2.05) is 18.2 Å². The minimum absolute atomic E-state index is 0.122. The van der Waals surface area contributed by atoms with Crippen LogP contribution in [-0.4, -0.2) is 71.5 Å². The average Bonchev–Trinajstić information content (AvgIpc) is 3.09. The average molecular weight is 419 g/mol. The Morgan fingerprint density at radius 1 is 0.968 bits per heavy atom. The molecule has 0 bridgehead atoms. The number of carboxylic acids is 1. The Bertz CT molecular complexity index is 980. The second-order valence-electron chi connectivity index (χ2n) is 7.79. The summed E-state index contributed by atoms with van der Waals surface area (Å²) in [5.74, 6) is -1.52. The number of imide groups is 1. The molecule has 2 aromatic rings. The van der Waals surface area contributed by atoms with Crippen molar-refractivity contribution in [3.8, 4) is 0 Å². The third-order valence-corrected chi connectivity index (χ3v) is 5.82. The van der Waals surface area contributed by atoms with E-state index in [1.165, 1.54) is 34.7 Å². The topological polar surface area (TPSA) is 81.2 Å². The maximum absolute atomic E-state index is 13.0. The lowest BCUT2D eigenvalue weighted by Gasteiger charge is -2.36. The molecule has 1 atom stereocenters. The molecule has 31 heavy (non-hydrogen) atoms. The standard InChI is InChI=1S/C24H25N3O4/c28-22-17-21(23(29)27(22)20-10-8-19(9-11-20)24(30)31)26-15-13-25(14-16-26)12-4-7-18-5-2-1-3-6-18/h1-11,21H,12-17H2,(H,30,31)/b7-4-. The monoisotopic (exact) mass is 419 g/mol. The van der Waals surface area contributed by atoms with Crippen molar-refractivity contribution in [1.29, 1.82) is 0 Å². The molecule has 160 valence electrons. The van der Waals surface area contributed by atoms with Gasteiger partial charge in [0.15, 0.2) is 0 Å². The van der Waals surface area contributed by atoms with Crippen LogP contribution in [0.15, 0.2) is 60.7 Å². The van der Waals surface area contributed by atoms with Crippen molar-refractivity contribution in [2.45, 2.75) is 12.5 Å². The van der Waals surface area contributed by atoms with Crippen LogP contribution in [0, 0.1) is 0 Å². The molecule has 2 fully saturated rings. The predicted molar refractivity (Wildman–Crippen MR) is 118 cm³/mol. The quantitative estimate of drug-likeness (QED) is 0.724. The van der Waals surface area contributed by atoms with E-state index >= 15 is 0 Å². The Balaban J connectivity index is 1.32. The zero-order chi connectivity index (χ0) is 21.8. The lowest BCUT2D eigenvalue weighted by Crippen LogP contribution is -2.52. The van der Waals surface area contributed by atoms with Crippen molar-refractivity contribution in [2.24, 2.45) is 0 Å². The van der Waals surface area contributed by atoms with Gasteiger partial charge in [-0.25, -0.2) is 9.69 Å². The zero-order valence-corrected chi connectivity index (χ0v) is 17.2. The van der Waals surface area contributed by atoms with Gasteiger partial charge < -0.3 is 5.11 Å². The van der Waals surface area contributed by atoms with Gasteiger partial charge in [0, 0.05) is 32.7 Å². The second-order valence-corrected chi connectivity index (χ2v) is 7.79. The van der Waals surface area contributed by atoms with Crippen molar-refractivity contribution < 1.29 is 19.5 Å². The summed E-state index contributed by atoms with van der Waals surface area (Å²) >= 11 is 0. The van der Waals surface area contributed by atoms with Crippen LogP contribution in [0.4, 0.5) is 5.69 Å². The minimum atomic E-state index is -1.04. The minimum Gasteiger partial charge on any atom is -0.478 e. The van der Waals surface area contributed by atoms with Gasteiger partial charge in [-0.2, -0.15) is 0 Å². The van der Waals surface area contributed by atoms with Crippen LogP contribution >= 0.6 is 0 Å². The Kier molecular flexibility index (Phi) is 6.25. The lowest BCUT2D eigenvalue weighted by atomic mass is 10.1. The van der Waals surface area contributed by atoms with E-state index in [0.29, 0.717) is 5.69 Å². The highest BCUT2D eigenvalue weighted by molar-refractivity contribution is 6.22. The van der Waals surface area contributed by atoms with Gasteiger partial charge in [0.25, 0.3) is 5.91 Å². The smallest absolute Gasteiger partial charge is 0.335 e. The van der Waals surface area contributed by atoms with E-state index < -0.39 is 12.0 Å². The van der Waals surface area contributed by atoms with Crippen molar-refractivity contribution in [1.82, 2.24) is 9.80 Å². The molecule has 0 radical (unpaired) electrons. The number of aromatic carboxylic acids is 1. The number of carboxylic acid groups (broad SMARTS) is 1. The van der Waals surface area contributed by atoms with E-state index in [-0.39, 0.29) is 23.8 Å². The van der Waals surface area contributed by atoms with Crippen molar-refractivity contribution >= 4 is 29.5 Å². The van der Waals surface area contributed by atoms with Crippen LogP contribution in [0.1, 0.15) is 22.3 Å². The number of benzene rings is 2. The number of piperazine rings is 1. The molecule has 2 amide bonds. The molecule has 0 aliphatic carbocycles. The summed E-state index contributed by atoms with van der Waals surface area (Å²) in [6, 6.07) is 15.6. The number of hydrogen-bond acceptors (Lipinski definition) is 5. The maximum Gasteiger partial charge on any atom is 0.335 e. The fraction of sp³-hybridized carbons (Fsp3) is 0.292. The molecule has 7 nitrogen and oxygen atoms in total. The molecule has 2 aliphatic heterocycles. The summed E-state index contributed by atoms with van der Waals surface area (Å²) in [6.45, 7) is 3.99. The fourth-order valence-electron chi connectivity index (χ4n) is 4.09. The van der Waals surface area contributed by atoms with Crippen LogP contribution in [0.3, 0.4) is 0 Å². The second kappa shape index (κ2) is 9.24. The molecule has 0 spiro atoms. The Labute approximate surface area is 181 Å². The first-order chi connectivity index (χ1) is 15.0. The Morgan fingerprint density at radius 3 is 2.29 bits per heavy atom. The van der Waals surface area contributed by atoms with Crippen LogP contribution in [0.5, 0.6) is 0 Å². The molecule has 1 N–H and O–H groups in total. The predicted octanol–water partition coefficient (Wildman–Crippen LogP) is 2.35. The number of carbonyl (C=O) groups is 3. The normalized spacial score (nSPS) is 20.6. The molecular weight excluding hydrogens is 394 g/mol. The van der Waals surface area contributed by atoms with Crippen LogP contribution in [0.25, 0.3) is 6.08 Å². The molecule has 4 rings (SSSR count). The first-order valence-corrected chi connectivity index (χ1v) is 10.4. The maximum atomic E-state index is 13.0. The van der Waals surface area contributed by atoms with Crippen molar-refractivity contribution in [3.63, 3.8) is 0 Å². The number of carbonyl (C=O) groups excluding carboxylic acids is 2. The molecule has 0 aromatic heterocycles. The highest BCUT2D eigenvalue weighted by atomic mass is 16.4. The first-order valence-electron chi connectivity index (χ1n) is 10.4. The summed E-state index contributed by atoms with van der Waals surface area (Å²) in [6.07, 6.45) is 4.42. The van der Waals surface area contributed by atoms with Gasteiger partial charge in [0.1, 0.15) is 0 Å². The molecule has 2 aromatic carbocycles. The molecule has 0 saturated carbocycles. The van der Waals surface area contributed by atoms with Crippen LogP contribution in [0.2, 0.25) is 0 Å². The number of nitrogens with zero attached hydrogens (tertiary/aromatic N) is 3. The highest BCUT2D eigenvalue weighted by Gasteiger charge is 2.43. The molecule has 1 unspecified atom stereocenters. The molecule has 2 heterocycles. The summed E-state index contributed by atoms with van der Waals surface area (Å²) in [4.78, 5) is 42.1. The fourth-order valence-corrected chi connectivity index (χ4v) is 4.09. The molecule has 7 heteroatoms. The SMILES string of the molecule is O=C(O)c1ccc(N2C(=O)CC(N3CCN(C/C=C\c4ccccc4)CC3)C2=O)cc1. The number of hydrogen-bond donors (Lipinski definition) is 1. The van der Waals surface area contributed by atoms with Gasteiger partial charge in [-0.05, 0) is 29.8 Å². The molecule has 2 saturated heterocycles. The van der Waals surface area contributed by atoms with Gasteiger partial charge in [0.05, 0.1) is 23.7 Å². The number of amides is 2. The zero-order valence-electron chi connectivity index (χ0n) is 17.2. The van der Waals surface area contributed by atoms with Gasteiger partial charge in [-0.15, -0.1) is 0 Å². The first kappa shape index (κ1) is 21.0. The van der Waals surface area contributed by atoms with E-state index in [1.54, 1.807) is 0 Å². The highest BCUT2D eigenvalue weighted by Crippen LogP contribution is 2.26. The Hall–Kier alpha value is -3.29. The summed E-state index contributed by atoms with van der Waals surface area (Å²) < 4.78 is 0. The molecular formula is C24H25N3O4. The van der Waals surface area contributed by atoms with Gasteiger partial charge >= 0.3 is 5.97 Å². The van der Waals surface area contributed by atoms with E-state index in [0.717, 1.165) is 32.7 Å². The van der Waals surface area contributed by atoms with Gasteiger partial charge in [-0.3, -0.25) is 19.4 Å². The van der Waals surface area contributed by atoms with E-state index in [2.05, 4.69) is 34.1 Å². The summed E-state index contributed by atoms with van der Waals surface area (Å²) in [7, 11) is 0. The summed E-state index contributed by atoms with van der Waals surface area (Å²) in [5, 5.41) is 9.03. The van der Waals surface area contributed by atoms with Crippen molar-refractivity contribution in [2.75, 3.05) is 37.6 Å². The lowest BCUT2D eigenvalue weighted by molar-refractivity contribution is -0.123. The number of rotatable bonds is 6. The largest absolute Gasteiger partial charge is 0.478 e. The third kappa shape index (κ3) is 4.73. The third-order valence-electron chi connectivity index (χ3n) is 5.82. The van der Waals surface area contributed by atoms with Crippen LogP contribution in [-0.2, 0) is 9.59 Å². The van der Waals surface area contributed by atoms with Crippen LogP contribution < -0.4 is 4.90 Å². The Morgan fingerprint density at radius 2 is 1.65 bits per heavy atom. The van der Waals surface area contributed by atoms with Crippen molar-refractivity contribution in [3.05, 3.63) is 71.8 Å². The van der Waals surface area contributed by atoms with E-state index in [4.69, 9.17) is 5.11 Å². The van der Waals surface area contributed by atoms with Gasteiger partial charge in [0.2, 0.25) is 5.91 Å². The van der Waals surface area contributed by atoms with Gasteiger partial charge in [-0.1, -0.05) is 42.5 Å². The van der Waals surface area contributed by atoms with E-state index in [9.17, 15) is 14.4 Å². The number of anilines is 1. The molecule has 2 aliphatic rings.